The number of esters is 1. The summed E-state index contributed by atoms with van der Waals surface area (Å²) < 4.78 is 6.12. The molecule has 0 spiro atoms. The second-order valence-electron chi connectivity index (χ2n) is 17.6. The first-order valence-electron chi connectivity index (χ1n) is 20.6. The summed E-state index contributed by atoms with van der Waals surface area (Å²) in [5, 5.41) is 0. The van der Waals surface area contributed by atoms with E-state index in [2.05, 4.69) is 47.6 Å². The van der Waals surface area contributed by atoms with Crippen molar-refractivity contribution in [2.75, 3.05) is 0 Å². The van der Waals surface area contributed by atoms with Crippen molar-refractivity contribution in [3.8, 4) is 0 Å². The van der Waals surface area contributed by atoms with Crippen LogP contribution < -0.4 is 0 Å². The average molecular weight is 625 g/mol. The van der Waals surface area contributed by atoms with Gasteiger partial charge in [0.15, 0.2) is 0 Å². The van der Waals surface area contributed by atoms with Gasteiger partial charge in [0.1, 0.15) is 6.10 Å². The normalized spacial score (nSPS) is 33.3. The number of carbonyl (C=O) groups excluding carboxylic acids is 1. The van der Waals surface area contributed by atoms with Crippen LogP contribution in [0.3, 0.4) is 0 Å². The van der Waals surface area contributed by atoms with E-state index in [1.807, 2.05) is 0 Å². The quantitative estimate of drug-likeness (QED) is 0.0765. The molecule has 4 rings (SSSR count). The molecule has 4 aliphatic carbocycles. The fourth-order valence-corrected chi connectivity index (χ4v) is 11.3. The third-order valence-electron chi connectivity index (χ3n) is 14.0. The van der Waals surface area contributed by atoms with Gasteiger partial charge in [-0.3, -0.25) is 4.79 Å². The van der Waals surface area contributed by atoms with Crippen LogP contribution >= 0.6 is 0 Å². The number of hydrogen-bond acceptors (Lipinski definition) is 2. The van der Waals surface area contributed by atoms with Crippen LogP contribution in [0.15, 0.2) is 11.6 Å². The molecule has 8 atom stereocenters. The van der Waals surface area contributed by atoms with Crippen molar-refractivity contribution in [3.63, 3.8) is 0 Å². The lowest BCUT2D eigenvalue weighted by Gasteiger charge is -2.58. The summed E-state index contributed by atoms with van der Waals surface area (Å²) in [5.74, 6) is 5.34. The first-order chi connectivity index (χ1) is 21.7. The second-order valence-corrected chi connectivity index (χ2v) is 17.6. The zero-order chi connectivity index (χ0) is 32.3. The van der Waals surface area contributed by atoms with E-state index in [-0.39, 0.29) is 12.1 Å². The van der Waals surface area contributed by atoms with Crippen LogP contribution in [0.2, 0.25) is 0 Å². The van der Waals surface area contributed by atoms with Gasteiger partial charge in [0.05, 0.1) is 0 Å². The lowest BCUT2D eigenvalue weighted by atomic mass is 9.47. The van der Waals surface area contributed by atoms with Gasteiger partial charge in [-0.25, -0.2) is 0 Å². The fourth-order valence-electron chi connectivity index (χ4n) is 11.3. The molecular weight excluding hydrogens is 548 g/mol. The molecule has 45 heavy (non-hydrogen) atoms. The maximum absolute atomic E-state index is 12.8. The highest BCUT2D eigenvalue weighted by Crippen LogP contribution is 2.67. The lowest BCUT2D eigenvalue weighted by molar-refractivity contribution is -0.151. The summed E-state index contributed by atoms with van der Waals surface area (Å²) in [6.45, 7) is 14.9. The summed E-state index contributed by atoms with van der Waals surface area (Å²) in [6, 6.07) is 0. The average Bonchev–Trinajstić information content (AvgIpc) is 3.37. The Morgan fingerprint density at radius 1 is 0.778 bits per heavy atom. The second kappa shape index (κ2) is 18.1. The van der Waals surface area contributed by atoms with Crippen LogP contribution in [0.25, 0.3) is 0 Å². The van der Waals surface area contributed by atoms with Crippen molar-refractivity contribution in [2.24, 2.45) is 46.3 Å². The molecule has 0 aromatic carbocycles. The molecule has 260 valence electrons. The molecule has 3 saturated carbocycles. The van der Waals surface area contributed by atoms with Gasteiger partial charge < -0.3 is 4.74 Å². The molecule has 0 unspecified atom stereocenters. The van der Waals surface area contributed by atoms with Crippen LogP contribution in [-0.4, -0.2) is 12.1 Å². The van der Waals surface area contributed by atoms with Gasteiger partial charge in [-0.2, -0.15) is 0 Å². The van der Waals surface area contributed by atoms with Crippen molar-refractivity contribution < 1.29 is 9.53 Å². The summed E-state index contributed by atoms with van der Waals surface area (Å²) in [5.41, 5.74) is 2.54. The van der Waals surface area contributed by atoms with Gasteiger partial charge in [0.25, 0.3) is 0 Å². The van der Waals surface area contributed by atoms with Crippen molar-refractivity contribution in [3.05, 3.63) is 11.6 Å². The molecule has 4 aliphatic rings. The van der Waals surface area contributed by atoms with E-state index in [4.69, 9.17) is 4.74 Å². The molecular formula is C43H76O2. The topological polar surface area (TPSA) is 26.3 Å². The molecule has 0 saturated heterocycles. The minimum Gasteiger partial charge on any atom is -0.462 e. The van der Waals surface area contributed by atoms with Gasteiger partial charge in [0, 0.05) is 12.8 Å². The summed E-state index contributed by atoms with van der Waals surface area (Å²) in [7, 11) is 0. The van der Waals surface area contributed by atoms with Crippen molar-refractivity contribution in [1.82, 2.24) is 0 Å². The van der Waals surface area contributed by atoms with Crippen LogP contribution in [0.1, 0.15) is 202 Å². The molecule has 0 bridgehead atoms. The molecule has 0 amide bonds. The van der Waals surface area contributed by atoms with E-state index in [1.165, 1.54) is 135 Å². The fraction of sp³-hybridized carbons (Fsp3) is 0.930. The Labute approximate surface area is 281 Å². The Hall–Kier alpha value is -0.790. The Morgan fingerprint density at radius 2 is 1.42 bits per heavy atom. The molecule has 0 aliphatic heterocycles. The molecule has 0 aromatic rings. The summed E-state index contributed by atoms with van der Waals surface area (Å²) in [4.78, 5) is 12.8. The standard InChI is InChI=1S/C43H76O2/c1-7-8-9-10-11-12-13-14-15-16-17-18-19-23-41(44)45-36-28-30-42(5)35(32-36)24-25-37-39-27-26-38(34(4)22-20-21-33(2)3)43(39,6)31-29-40(37)42/h24,33-34,36-40H,7-23,25-32H2,1-6H3/t34-,36+,37+,38+,39-,40+,42+,43-/m1/s1. The predicted octanol–water partition coefficient (Wildman–Crippen LogP) is 13.4. The number of unbranched alkanes of at least 4 members (excludes halogenated alkanes) is 12. The lowest BCUT2D eigenvalue weighted by Crippen LogP contribution is -2.51. The van der Waals surface area contributed by atoms with E-state index in [0.29, 0.717) is 17.3 Å². The Bertz CT molecular complexity index is 904. The number of hydrogen-bond donors (Lipinski definition) is 0. The molecule has 0 aromatic heterocycles. The SMILES string of the molecule is CCCCCCCCCCCCCCCC(=O)O[C@H]1CC[C@@]2(C)C(=CC[C@H]3[C@H]4CC[C@@H]([C@H](C)CCCC(C)C)[C@@]4(C)CC[C@@H]32)C1. The number of rotatable bonds is 20. The number of carbonyl (C=O) groups is 1. The van der Waals surface area contributed by atoms with Gasteiger partial charge in [-0.1, -0.05) is 150 Å². The van der Waals surface area contributed by atoms with Gasteiger partial charge >= 0.3 is 5.97 Å². The molecule has 0 heterocycles. The van der Waals surface area contributed by atoms with Crippen LogP contribution in [0, 0.1) is 46.3 Å². The molecule has 0 N–H and O–H groups in total. The van der Waals surface area contributed by atoms with E-state index < -0.39 is 0 Å². The predicted molar refractivity (Wildman–Crippen MR) is 193 cm³/mol. The van der Waals surface area contributed by atoms with E-state index in [9.17, 15) is 4.79 Å². The smallest absolute Gasteiger partial charge is 0.306 e. The number of allylic oxidation sites excluding steroid dienone is 1. The van der Waals surface area contributed by atoms with Gasteiger partial charge in [0.2, 0.25) is 0 Å². The van der Waals surface area contributed by atoms with Crippen molar-refractivity contribution >= 4 is 5.97 Å². The van der Waals surface area contributed by atoms with Crippen LogP contribution in [0.4, 0.5) is 0 Å². The van der Waals surface area contributed by atoms with Gasteiger partial charge in [-0.15, -0.1) is 0 Å². The zero-order valence-electron chi connectivity index (χ0n) is 31.1. The maximum atomic E-state index is 12.8. The Kier molecular flexibility index (Phi) is 14.9. The first-order valence-corrected chi connectivity index (χ1v) is 20.6. The molecule has 2 heteroatoms. The summed E-state index contributed by atoms with van der Waals surface area (Å²) >= 11 is 0. The minimum atomic E-state index is 0.0638. The first kappa shape index (κ1) is 37.0. The third kappa shape index (κ3) is 9.87. The van der Waals surface area contributed by atoms with Gasteiger partial charge in [-0.05, 0) is 97.7 Å². The van der Waals surface area contributed by atoms with E-state index >= 15 is 0 Å². The highest BCUT2D eigenvalue weighted by molar-refractivity contribution is 5.69. The van der Waals surface area contributed by atoms with Crippen molar-refractivity contribution in [2.45, 2.75) is 208 Å². The monoisotopic (exact) mass is 625 g/mol. The highest BCUT2D eigenvalue weighted by Gasteiger charge is 2.59. The summed E-state index contributed by atoms with van der Waals surface area (Å²) in [6.07, 6.45) is 35.4. The Balaban J connectivity index is 1.14. The zero-order valence-corrected chi connectivity index (χ0v) is 31.1. The molecule has 2 nitrogen and oxygen atoms in total. The third-order valence-corrected chi connectivity index (χ3v) is 14.0. The largest absolute Gasteiger partial charge is 0.462 e. The number of fused-ring (bicyclic) bond motifs is 5. The molecule has 0 radical (unpaired) electrons. The van der Waals surface area contributed by atoms with Crippen LogP contribution in [0.5, 0.6) is 0 Å². The van der Waals surface area contributed by atoms with E-state index in [1.54, 1.807) is 5.57 Å². The maximum Gasteiger partial charge on any atom is 0.306 e. The molecule has 3 fully saturated rings. The van der Waals surface area contributed by atoms with E-state index in [0.717, 1.165) is 54.8 Å². The highest BCUT2D eigenvalue weighted by atomic mass is 16.5. The van der Waals surface area contributed by atoms with Crippen molar-refractivity contribution in [1.29, 1.82) is 0 Å². The number of ether oxygens (including phenoxy) is 1. The Morgan fingerprint density at radius 3 is 2.07 bits per heavy atom. The minimum absolute atomic E-state index is 0.0638. The van der Waals surface area contributed by atoms with Crippen LogP contribution in [-0.2, 0) is 9.53 Å².